The Labute approximate surface area is 122 Å². The molecule has 0 heterocycles. The minimum Gasteiger partial charge on any atom is -0.398 e. The van der Waals surface area contributed by atoms with Crippen LogP contribution >= 0.6 is 0 Å². The van der Waals surface area contributed by atoms with Gasteiger partial charge in [-0.3, -0.25) is 0 Å². The molecule has 20 heavy (non-hydrogen) atoms. The SMILES string of the molecule is CCCCCc1c(N)ccc(Nc2ccccc2)c1C. The summed E-state index contributed by atoms with van der Waals surface area (Å²) in [4.78, 5) is 0. The first-order valence-electron chi connectivity index (χ1n) is 7.42. The zero-order valence-corrected chi connectivity index (χ0v) is 12.4. The van der Waals surface area contributed by atoms with Crippen molar-refractivity contribution in [3.63, 3.8) is 0 Å². The predicted molar refractivity (Wildman–Crippen MR) is 88.5 cm³/mol. The highest BCUT2D eigenvalue weighted by Crippen LogP contribution is 2.28. The van der Waals surface area contributed by atoms with Crippen molar-refractivity contribution in [2.24, 2.45) is 0 Å². The second-order valence-electron chi connectivity index (χ2n) is 5.25. The first-order valence-corrected chi connectivity index (χ1v) is 7.42. The number of nitrogens with one attached hydrogen (secondary N) is 1. The zero-order valence-electron chi connectivity index (χ0n) is 12.4. The molecular formula is C18H24N2. The van der Waals surface area contributed by atoms with E-state index in [1.807, 2.05) is 24.3 Å². The predicted octanol–water partition coefficient (Wildman–Crippen LogP) is 5.05. The summed E-state index contributed by atoms with van der Waals surface area (Å²) in [5.74, 6) is 0. The monoisotopic (exact) mass is 268 g/mol. The fourth-order valence-electron chi connectivity index (χ4n) is 2.47. The molecule has 2 aromatic carbocycles. The van der Waals surface area contributed by atoms with Gasteiger partial charge in [0.25, 0.3) is 0 Å². The van der Waals surface area contributed by atoms with Crippen LogP contribution in [0.5, 0.6) is 0 Å². The number of rotatable bonds is 6. The minimum atomic E-state index is 0.914. The molecule has 0 aliphatic heterocycles. The lowest BCUT2D eigenvalue weighted by Crippen LogP contribution is -2.02. The molecule has 0 aliphatic rings. The number of hydrogen-bond acceptors (Lipinski definition) is 2. The van der Waals surface area contributed by atoms with Gasteiger partial charge in [-0.15, -0.1) is 0 Å². The van der Waals surface area contributed by atoms with Gasteiger partial charge in [0.05, 0.1) is 0 Å². The van der Waals surface area contributed by atoms with Crippen LogP contribution in [-0.2, 0) is 6.42 Å². The molecule has 2 aromatic rings. The van der Waals surface area contributed by atoms with Crippen LogP contribution in [0.2, 0.25) is 0 Å². The Morgan fingerprint density at radius 3 is 2.45 bits per heavy atom. The van der Waals surface area contributed by atoms with Crippen LogP contribution < -0.4 is 11.1 Å². The summed E-state index contributed by atoms with van der Waals surface area (Å²) in [6.07, 6.45) is 4.77. The molecule has 0 atom stereocenters. The number of para-hydroxylation sites is 1. The van der Waals surface area contributed by atoms with Crippen molar-refractivity contribution in [2.45, 2.75) is 39.5 Å². The van der Waals surface area contributed by atoms with Gasteiger partial charge < -0.3 is 11.1 Å². The highest BCUT2D eigenvalue weighted by molar-refractivity contribution is 5.69. The Bertz CT molecular complexity index is 547. The normalized spacial score (nSPS) is 10.5. The van der Waals surface area contributed by atoms with Crippen LogP contribution in [0.25, 0.3) is 0 Å². The summed E-state index contributed by atoms with van der Waals surface area (Å²) in [5, 5.41) is 3.47. The molecule has 2 rings (SSSR count). The molecule has 0 saturated carbocycles. The van der Waals surface area contributed by atoms with E-state index in [9.17, 15) is 0 Å². The Kier molecular flexibility index (Phi) is 5.05. The Hall–Kier alpha value is -1.96. The highest BCUT2D eigenvalue weighted by atomic mass is 14.9. The molecule has 0 bridgehead atoms. The van der Waals surface area contributed by atoms with Gasteiger partial charge in [0.1, 0.15) is 0 Å². The van der Waals surface area contributed by atoms with Crippen molar-refractivity contribution in [1.82, 2.24) is 0 Å². The molecule has 0 spiro atoms. The number of benzene rings is 2. The first kappa shape index (κ1) is 14.4. The van der Waals surface area contributed by atoms with E-state index < -0.39 is 0 Å². The van der Waals surface area contributed by atoms with Gasteiger partial charge >= 0.3 is 0 Å². The fourth-order valence-corrected chi connectivity index (χ4v) is 2.47. The van der Waals surface area contributed by atoms with E-state index >= 15 is 0 Å². The van der Waals surface area contributed by atoms with E-state index in [2.05, 4.69) is 37.4 Å². The van der Waals surface area contributed by atoms with Crippen LogP contribution in [0.3, 0.4) is 0 Å². The summed E-state index contributed by atoms with van der Waals surface area (Å²) >= 11 is 0. The third-order valence-electron chi connectivity index (χ3n) is 3.72. The van der Waals surface area contributed by atoms with E-state index in [4.69, 9.17) is 5.73 Å². The van der Waals surface area contributed by atoms with Crippen LogP contribution in [0.4, 0.5) is 17.1 Å². The largest absolute Gasteiger partial charge is 0.398 e. The van der Waals surface area contributed by atoms with Crippen molar-refractivity contribution in [3.05, 3.63) is 53.6 Å². The molecular weight excluding hydrogens is 244 g/mol. The van der Waals surface area contributed by atoms with Crippen molar-refractivity contribution < 1.29 is 0 Å². The van der Waals surface area contributed by atoms with Gasteiger partial charge in [0.15, 0.2) is 0 Å². The van der Waals surface area contributed by atoms with Crippen LogP contribution in [0, 0.1) is 6.92 Å². The van der Waals surface area contributed by atoms with Gasteiger partial charge in [0, 0.05) is 17.1 Å². The summed E-state index contributed by atoms with van der Waals surface area (Å²) < 4.78 is 0. The average Bonchev–Trinajstić information content (AvgIpc) is 2.47. The lowest BCUT2D eigenvalue weighted by Gasteiger charge is -2.15. The van der Waals surface area contributed by atoms with Crippen LogP contribution in [0.1, 0.15) is 37.3 Å². The lowest BCUT2D eigenvalue weighted by molar-refractivity contribution is 0.716. The Balaban J connectivity index is 2.20. The van der Waals surface area contributed by atoms with Crippen LogP contribution in [-0.4, -0.2) is 0 Å². The second kappa shape index (κ2) is 6.99. The second-order valence-corrected chi connectivity index (χ2v) is 5.25. The molecule has 3 N–H and O–H groups in total. The lowest BCUT2D eigenvalue weighted by atomic mass is 9.98. The first-order chi connectivity index (χ1) is 9.72. The molecule has 106 valence electrons. The maximum Gasteiger partial charge on any atom is 0.0418 e. The Morgan fingerprint density at radius 1 is 1.00 bits per heavy atom. The van der Waals surface area contributed by atoms with Crippen LogP contribution in [0.15, 0.2) is 42.5 Å². The zero-order chi connectivity index (χ0) is 14.4. The average molecular weight is 268 g/mol. The number of nitrogens with two attached hydrogens (primary N) is 1. The van der Waals surface area contributed by atoms with E-state index in [-0.39, 0.29) is 0 Å². The fraction of sp³-hybridized carbons (Fsp3) is 0.333. The highest BCUT2D eigenvalue weighted by Gasteiger charge is 2.08. The molecule has 0 aromatic heterocycles. The van der Waals surface area contributed by atoms with E-state index in [1.54, 1.807) is 0 Å². The Morgan fingerprint density at radius 2 is 1.75 bits per heavy atom. The van der Waals surface area contributed by atoms with Gasteiger partial charge in [-0.2, -0.15) is 0 Å². The maximum atomic E-state index is 6.14. The number of nitrogen functional groups attached to an aromatic ring is 1. The number of anilines is 3. The molecule has 0 unspecified atom stereocenters. The van der Waals surface area contributed by atoms with E-state index in [1.165, 1.54) is 30.4 Å². The third-order valence-corrected chi connectivity index (χ3v) is 3.72. The topological polar surface area (TPSA) is 38.0 Å². The van der Waals surface area contributed by atoms with Gasteiger partial charge in [-0.1, -0.05) is 38.0 Å². The summed E-state index contributed by atoms with van der Waals surface area (Å²) in [5.41, 5.74) is 11.9. The molecule has 2 heteroatoms. The summed E-state index contributed by atoms with van der Waals surface area (Å²) in [6.45, 7) is 4.38. The molecule has 0 saturated heterocycles. The molecule has 0 radical (unpaired) electrons. The van der Waals surface area contributed by atoms with E-state index in [0.717, 1.165) is 23.5 Å². The maximum absolute atomic E-state index is 6.14. The number of hydrogen-bond donors (Lipinski definition) is 2. The van der Waals surface area contributed by atoms with Gasteiger partial charge in [-0.05, 0) is 55.2 Å². The van der Waals surface area contributed by atoms with Crippen molar-refractivity contribution in [1.29, 1.82) is 0 Å². The van der Waals surface area contributed by atoms with E-state index in [0.29, 0.717) is 0 Å². The molecule has 0 amide bonds. The molecule has 2 nitrogen and oxygen atoms in total. The van der Waals surface area contributed by atoms with Gasteiger partial charge in [-0.25, -0.2) is 0 Å². The standard InChI is InChI=1S/C18H24N2/c1-3-4-6-11-16-14(2)18(13-12-17(16)19)20-15-9-7-5-8-10-15/h5,7-10,12-13,20H,3-4,6,11,19H2,1-2H3. The van der Waals surface area contributed by atoms with Crippen molar-refractivity contribution in [3.8, 4) is 0 Å². The molecule has 0 aliphatic carbocycles. The number of unbranched alkanes of at least 4 members (excludes halogenated alkanes) is 2. The van der Waals surface area contributed by atoms with Crippen molar-refractivity contribution >= 4 is 17.1 Å². The summed E-state index contributed by atoms with van der Waals surface area (Å²) in [7, 11) is 0. The smallest absolute Gasteiger partial charge is 0.0418 e. The minimum absolute atomic E-state index is 0.914. The quantitative estimate of drug-likeness (QED) is 0.568. The third kappa shape index (κ3) is 3.53. The molecule has 0 fully saturated rings. The summed E-state index contributed by atoms with van der Waals surface area (Å²) in [6, 6.07) is 14.3. The van der Waals surface area contributed by atoms with Gasteiger partial charge in [0.2, 0.25) is 0 Å². The van der Waals surface area contributed by atoms with Crippen molar-refractivity contribution in [2.75, 3.05) is 11.1 Å².